The average Bonchev–Trinajstić information content (AvgIpc) is 2.94. The highest BCUT2D eigenvalue weighted by molar-refractivity contribution is 5.38. The molecule has 2 heterocycles. The maximum atomic E-state index is 5.44. The first kappa shape index (κ1) is 12.4. The van der Waals surface area contributed by atoms with Crippen LogP contribution in [0.15, 0.2) is 12.3 Å². The molecule has 0 radical (unpaired) electrons. The molecule has 2 aromatic heterocycles. The van der Waals surface area contributed by atoms with Crippen LogP contribution < -0.4 is 15.8 Å². The van der Waals surface area contributed by atoms with Crippen molar-refractivity contribution in [2.45, 2.75) is 13.1 Å². The van der Waals surface area contributed by atoms with Crippen molar-refractivity contribution in [3.63, 3.8) is 0 Å². The van der Waals surface area contributed by atoms with Crippen LogP contribution in [0.1, 0.15) is 5.69 Å². The minimum Gasteiger partial charge on any atom is -0.481 e. The number of aryl methyl sites for hydroxylation is 1. The first-order valence-electron chi connectivity index (χ1n) is 5.64. The summed E-state index contributed by atoms with van der Waals surface area (Å²) in [5, 5.41) is 15.4. The minimum atomic E-state index is 0.549. The number of hydrogen-bond acceptors (Lipinski definition) is 6. The third-order valence-electron chi connectivity index (χ3n) is 2.44. The number of nitrogens with one attached hydrogen (secondary N) is 1. The molecule has 0 saturated heterocycles. The number of rotatable bonds is 6. The van der Waals surface area contributed by atoms with E-state index < -0.39 is 0 Å². The molecule has 0 bridgehead atoms. The van der Waals surface area contributed by atoms with Crippen LogP contribution in [0, 0.1) is 0 Å². The molecule has 0 aromatic carbocycles. The molecular formula is C10H17N7O. The van der Waals surface area contributed by atoms with Gasteiger partial charge in [0, 0.05) is 19.7 Å². The predicted molar refractivity (Wildman–Crippen MR) is 66.2 cm³/mol. The van der Waals surface area contributed by atoms with E-state index in [0.717, 1.165) is 11.5 Å². The maximum absolute atomic E-state index is 5.44. The molecule has 8 heteroatoms. The number of hydrogen-bond donors (Lipinski definition) is 2. The van der Waals surface area contributed by atoms with Crippen LogP contribution in [-0.4, -0.2) is 38.4 Å². The fourth-order valence-electron chi connectivity index (χ4n) is 1.57. The van der Waals surface area contributed by atoms with E-state index in [4.69, 9.17) is 10.5 Å². The molecule has 0 fully saturated rings. The van der Waals surface area contributed by atoms with Crippen molar-refractivity contribution in [1.29, 1.82) is 0 Å². The molecule has 2 rings (SSSR count). The van der Waals surface area contributed by atoms with Crippen LogP contribution in [0.4, 0.5) is 5.82 Å². The predicted octanol–water partition coefficient (Wildman–Crippen LogP) is -0.409. The van der Waals surface area contributed by atoms with Gasteiger partial charge in [-0.05, 0) is 0 Å². The van der Waals surface area contributed by atoms with Gasteiger partial charge in [0.05, 0.1) is 26.4 Å². The number of anilines is 1. The molecule has 2 aromatic rings. The molecule has 0 aliphatic carbocycles. The maximum Gasteiger partial charge on any atom is 0.213 e. The third-order valence-corrected chi connectivity index (χ3v) is 2.44. The molecule has 0 saturated carbocycles. The molecule has 0 aliphatic rings. The van der Waals surface area contributed by atoms with Crippen LogP contribution in [0.25, 0.3) is 0 Å². The summed E-state index contributed by atoms with van der Waals surface area (Å²) in [6.07, 6.45) is 1.86. The van der Waals surface area contributed by atoms with Gasteiger partial charge in [-0.1, -0.05) is 5.21 Å². The van der Waals surface area contributed by atoms with Gasteiger partial charge in [-0.3, -0.25) is 4.68 Å². The van der Waals surface area contributed by atoms with Crippen molar-refractivity contribution in [3.05, 3.63) is 18.0 Å². The molecular weight excluding hydrogens is 234 g/mol. The van der Waals surface area contributed by atoms with Gasteiger partial charge in [0.1, 0.15) is 5.69 Å². The summed E-state index contributed by atoms with van der Waals surface area (Å²) < 4.78 is 8.51. The SMILES string of the molecule is COc1cc(NCc2cn(CCN)nn2)nn1C. The Morgan fingerprint density at radius 1 is 1.50 bits per heavy atom. The van der Waals surface area contributed by atoms with Crippen LogP contribution in [0.3, 0.4) is 0 Å². The van der Waals surface area contributed by atoms with Gasteiger partial charge in [-0.15, -0.1) is 5.10 Å². The van der Waals surface area contributed by atoms with Gasteiger partial charge in [0.15, 0.2) is 5.82 Å². The van der Waals surface area contributed by atoms with E-state index in [0.29, 0.717) is 25.5 Å². The van der Waals surface area contributed by atoms with E-state index in [9.17, 15) is 0 Å². The second-order valence-corrected chi connectivity index (χ2v) is 3.81. The quantitative estimate of drug-likeness (QED) is 0.724. The Kier molecular flexibility index (Phi) is 3.78. The van der Waals surface area contributed by atoms with Gasteiger partial charge in [-0.25, -0.2) is 4.68 Å². The van der Waals surface area contributed by atoms with Crippen molar-refractivity contribution >= 4 is 5.82 Å². The molecule has 0 atom stereocenters. The number of nitrogens with zero attached hydrogens (tertiary/aromatic N) is 5. The summed E-state index contributed by atoms with van der Waals surface area (Å²) in [4.78, 5) is 0. The minimum absolute atomic E-state index is 0.549. The summed E-state index contributed by atoms with van der Waals surface area (Å²) in [6, 6.07) is 1.82. The zero-order valence-corrected chi connectivity index (χ0v) is 10.5. The Balaban J connectivity index is 1.93. The highest BCUT2D eigenvalue weighted by Crippen LogP contribution is 2.15. The van der Waals surface area contributed by atoms with Crippen molar-refractivity contribution < 1.29 is 4.74 Å². The van der Waals surface area contributed by atoms with Crippen molar-refractivity contribution in [1.82, 2.24) is 24.8 Å². The fraction of sp³-hybridized carbons (Fsp3) is 0.500. The van der Waals surface area contributed by atoms with Crippen molar-refractivity contribution in [2.24, 2.45) is 12.8 Å². The standard InChI is InChI=1S/C10H17N7O/c1-16-10(18-2)5-9(14-16)12-6-8-7-17(4-3-11)15-13-8/h5,7H,3-4,6,11H2,1-2H3,(H,12,14). The Morgan fingerprint density at radius 2 is 2.33 bits per heavy atom. The van der Waals surface area contributed by atoms with Crippen LogP contribution in [0.2, 0.25) is 0 Å². The van der Waals surface area contributed by atoms with Gasteiger partial charge in [0.2, 0.25) is 5.88 Å². The molecule has 98 valence electrons. The summed E-state index contributed by atoms with van der Waals surface area (Å²) in [6.45, 7) is 1.78. The lowest BCUT2D eigenvalue weighted by atomic mass is 10.4. The van der Waals surface area contributed by atoms with Gasteiger partial charge >= 0.3 is 0 Å². The number of ether oxygens (including phenoxy) is 1. The van der Waals surface area contributed by atoms with Crippen LogP contribution in [-0.2, 0) is 20.1 Å². The summed E-state index contributed by atoms with van der Waals surface area (Å²) >= 11 is 0. The molecule has 8 nitrogen and oxygen atoms in total. The Labute approximate surface area is 105 Å². The Bertz CT molecular complexity index is 504. The zero-order valence-electron chi connectivity index (χ0n) is 10.5. The van der Waals surface area contributed by atoms with Crippen molar-refractivity contribution in [2.75, 3.05) is 19.0 Å². The zero-order chi connectivity index (χ0) is 13.0. The van der Waals surface area contributed by atoms with E-state index in [1.165, 1.54) is 0 Å². The lowest BCUT2D eigenvalue weighted by Crippen LogP contribution is -2.10. The second-order valence-electron chi connectivity index (χ2n) is 3.81. The second kappa shape index (κ2) is 5.50. The largest absolute Gasteiger partial charge is 0.481 e. The first-order valence-corrected chi connectivity index (χ1v) is 5.64. The topological polar surface area (TPSA) is 95.8 Å². The first-order chi connectivity index (χ1) is 8.72. The van der Waals surface area contributed by atoms with E-state index in [1.54, 1.807) is 16.5 Å². The summed E-state index contributed by atoms with van der Waals surface area (Å²) in [5.41, 5.74) is 6.28. The summed E-state index contributed by atoms with van der Waals surface area (Å²) in [5.74, 6) is 1.44. The normalized spacial score (nSPS) is 10.6. The highest BCUT2D eigenvalue weighted by atomic mass is 16.5. The number of nitrogens with two attached hydrogens (primary N) is 1. The molecule has 0 amide bonds. The lowest BCUT2D eigenvalue weighted by molar-refractivity contribution is 0.373. The Morgan fingerprint density at radius 3 is 3.00 bits per heavy atom. The molecule has 0 spiro atoms. The van der Waals surface area contributed by atoms with E-state index in [1.807, 2.05) is 19.3 Å². The molecule has 3 N–H and O–H groups in total. The third kappa shape index (κ3) is 2.77. The Hall–Kier alpha value is -2.09. The molecule has 0 unspecified atom stereocenters. The van der Waals surface area contributed by atoms with Gasteiger partial charge in [0.25, 0.3) is 0 Å². The molecule has 18 heavy (non-hydrogen) atoms. The van der Waals surface area contributed by atoms with Gasteiger partial charge < -0.3 is 15.8 Å². The van der Waals surface area contributed by atoms with Crippen LogP contribution >= 0.6 is 0 Å². The number of aromatic nitrogens is 5. The van der Waals surface area contributed by atoms with Gasteiger partial charge in [-0.2, -0.15) is 5.10 Å². The lowest BCUT2D eigenvalue weighted by Gasteiger charge is -1.97. The smallest absolute Gasteiger partial charge is 0.213 e. The van der Waals surface area contributed by atoms with Crippen molar-refractivity contribution in [3.8, 4) is 5.88 Å². The monoisotopic (exact) mass is 251 g/mol. The van der Waals surface area contributed by atoms with E-state index >= 15 is 0 Å². The fourth-order valence-corrected chi connectivity index (χ4v) is 1.57. The highest BCUT2D eigenvalue weighted by Gasteiger charge is 2.05. The van der Waals surface area contributed by atoms with E-state index in [-0.39, 0.29) is 0 Å². The average molecular weight is 251 g/mol. The molecule has 0 aliphatic heterocycles. The van der Waals surface area contributed by atoms with E-state index in [2.05, 4.69) is 20.7 Å². The summed E-state index contributed by atoms with van der Waals surface area (Å²) in [7, 11) is 3.43. The van der Waals surface area contributed by atoms with Crippen LogP contribution in [0.5, 0.6) is 5.88 Å². The number of methoxy groups -OCH3 is 1.